The number of benzene rings is 1. The van der Waals surface area contributed by atoms with E-state index >= 15 is 0 Å². The fourth-order valence-corrected chi connectivity index (χ4v) is 1.69. The molecule has 0 aliphatic carbocycles. The van der Waals surface area contributed by atoms with Gasteiger partial charge in [-0.2, -0.15) is 5.10 Å². The third-order valence-corrected chi connectivity index (χ3v) is 2.81. The summed E-state index contributed by atoms with van der Waals surface area (Å²) in [6.07, 6.45) is 5.09. The predicted octanol–water partition coefficient (Wildman–Crippen LogP) is 3.75. The van der Waals surface area contributed by atoms with Crippen LogP contribution in [0.3, 0.4) is 0 Å². The molecule has 1 aromatic carbocycles. The number of nitrogens with one attached hydrogen (secondary N) is 1. The van der Waals surface area contributed by atoms with Crippen LogP contribution in [0.2, 0.25) is 5.02 Å². The lowest BCUT2D eigenvalue weighted by molar-refractivity contribution is 0.0955. The molecule has 0 spiro atoms. The second kappa shape index (κ2) is 6.73. The van der Waals surface area contributed by atoms with Gasteiger partial charge < -0.3 is 4.42 Å². The molecule has 0 aliphatic heterocycles. The summed E-state index contributed by atoms with van der Waals surface area (Å²) in [6.45, 7) is 1.77. The number of rotatable bonds is 4. The lowest BCUT2D eigenvalue weighted by atomic mass is 10.2. The number of hydrogen-bond acceptors (Lipinski definition) is 3. The minimum atomic E-state index is -0.346. The van der Waals surface area contributed by atoms with Gasteiger partial charge in [0.2, 0.25) is 0 Å². The Morgan fingerprint density at radius 1 is 1.30 bits per heavy atom. The molecule has 0 unspecified atom stereocenters. The number of furan rings is 1. The van der Waals surface area contributed by atoms with Crippen molar-refractivity contribution < 1.29 is 9.21 Å². The van der Waals surface area contributed by atoms with Gasteiger partial charge in [-0.1, -0.05) is 23.7 Å². The number of nitrogens with zero attached hydrogens (tertiary/aromatic N) is 1. The Bertz CT molecular complexity index is 646. The molecule has 2 rings (SSSR count). The molecule has 1 aromatic heterocycles. The van der Waals surface area contributed by atoms with Crippen molar-refractivity contribution in [1.82, 2.24) is 5.43 Å². The largest absolute Gasteiger partial charge is 0.465 e. The van der Waals surface area contributed by atoms with Gasteiger partial charge in [-0.05, 0) is 43.3 Å². The second-order valence-corrected chi connectivity index (χ2v) is 4.43. The van der Waals surface area contributed by atoms with Crippen LogP contribution >= 0.6 is 11.6 Å². The maximum absolute atomic E-state index is 11.9. The van der Waals surface area contributed by atoms with Crippen LogP contribution in [0, 0.1) is 0 Å². The van der Waals surface area contributed by atoms with Crippen LogP contribution in [-0.2, 0) is 0 Å². The van der Waals surface area contributed by atoms with Gasteiger partial charge in [-0.3, -0.25) is 4.79 Å². The highest BCUT2D eigenvalue weighted by Gasteiger charge is 2.07. The summed E-state index contributed by atoms with van der Waals surface area (Å²) in [5.74, 6) is 0.373. The summed E-state index contributed by atoms with van der Waals surface area (Å²) in [6, 6.07) is 10.4. The highest BCUT2D eigenvalue weighted by Crippen LogP contribution is 2.14. The zero-order valence-electron chi connectivity index (χ0n) is 10.8. The zero-order chi connectivity index (χ0) is 14.4. The zero-order valence-corrected chi connectivity index (χ0v) is 11.6. The van der Waals surface area contributed by atoms with E-state index in [1.54, 1.807) is 55.7 Å². The van der Waals surface area contributed by atoms with Crippen molar-refractivity contribution in [2.75, 3.05) is 0 Å². The Kier molecular flexibility index (Phi) is 4.74. The maximum atomic E-state index is 11.9. The van der Waals surface area contributed by atoms with Crippen LogP contribution in [0.4, 0.5) is 0 Å². The highest BCUT2D eigenvalue weighted by molar-refractivity contribution is 6.33. The predicted molar refractivity (Wildman–Crippen MR) is 79.8 cm³/mol. The van der Waals surface area contributed by atoms with E-state index in [0.29, 0.717) is 16.3 Å². The van der Waals surface area contributed by atoms with E-state index in [2.05, 4.69) is 10.5 Å². The van der Waals surface area contributed by atoms with E-state index in [1.807, 2.05) is 6.07 Å². The Hall–Kier alpha value is -2.33. The summed E-state index contributed by atoms with van der Waals surface area (Å²) in [5, 5.41) is 4.36. The van der Waals surface area contributed by atoms with Crippen LogP contribution < -0.4 is 5.43 Å². The summed E-state index contributed by atoms with van der Waals surface area (Å²) < 4.78 is 5.15. The van der Waals surface area contributed by atoms with Crippen molar-refractivity contribution in [3.63, 3.8) is 0 Å². The van der Waals surface area contributed by atoms with Crippen LogP contribution in [-0.4, -0.2) is 11.6 Å². The van der Waals surface area contributed by atoms with Crippen LogP contribution in [0.25, 0.3) is 6.08 Å². The first kappa shape index (κ1) is 14.1. The van der Waals surface area contributed by atoms with Crippen molar-refractivity contribution >= 4 is 29.3 Å². The molecular weight excluding hydrogens is 276 g/mol. The first-order chi connectivity index (χ1) is 9.66. The molecule has 102 valence electrons. The van der Waals surface area contributed by atoms with Crippen molar-refractivity contribution in [1.29, 1.82) is 0 Å². The molecule has 0 atom stereocenters. The Morgan fingerprint density at radius 2 is 2.10 bits per heavy atom. The normalized spacial score (nSPS) is 11.8. The number of allylic oxidation sites excluding steroid dienone is 1. The van der Waals surface area contributed by atoms with Gasteiger partial charge in [0.05, 0.1) is 22.6 Å². The van der Waals surface area contributed by atoms with Crippen LogP contribution in [0.1, 0.15) is 23.0 Å². The van der Waals surface area contributed by atoms with E-state index in [0.717, 1.165) is 5.76 Å². The average Bonchev–Trinajstić information content (AvgIpc) is 2.96. The number of hydrazone groups is 1. The monoisotopic (exact) mass is 288 g/mol. The number of amides is 1. The lowest BCUT2D eigenvalue weighted by Crippen LogP contribution is -2.19. The molecule has 1 heterocycles. The fraction of sp³-hybridized carbons (Fsp3) is 0.0667. The number of hydrogen-bond donors (Lipinski definition) is 1. The van der Waals surface area contributed by atoms with Gasteiger partial charge in [-0.25, -0.2) is 5.43 Å². The molecule has 0 saturated heterocycles. The standard InChI is InChI=1S/C15H13ClN2O2/c1-11(8-9-12-5-4-10-20-12)17-18-15(19)13-6-2-3-7-14(13)16/h2-10H,1H3,(H,18,19)/b9-8+,17-11+. The summed E-state index contributed by atoms with van der Waals surface area (Å²) in [4.78, 5) is 11.9. The van der Waals surface area contributed by atoms with Crippen molar-refractivity contribution in [3.8, 4) is 0 Å². The van der Waals surface area contributed by atoms with E-state index < -0.39 is 0 Å². The number of halogens is 1. The highest BCUT2D eigenvalue weighted by atomic mass is 35.5. The first-order valence-corrected chi connectivity index (χ1v) is 6.35. The molecule has 0 radical (unpaired) electrons. The van der Waals surface area contributed by atoms with E-state index in [1.165, 1.54) is 0 Å². The third kappa shape index (κ3) is 3.83. The molecule has 0 aliphatic rings. The molecular formula is C15H13ClN2O2. The molecule has 0 fully saturated rings. The molecule has 5 heteroatoms. The first-order valence-electron chi connectivity index (χ1n) is 5.97. The molecule has 1 N–H and O–H groups in total. The number of carbonyl (C=O) groups excluding carboxylic acids is 1. The molecule has 20 heavy (non-hydrogen) atoms. The van der Waals surface area contributed by atoms with Crippen LogP contribution in [0.5, 0.6) is 0 Å². The quantitative estimate of drug-likeness (QED) is 0.688. The smallest absolute Gasteiger partial charge is 0.272 e. The van der Waals surface area contributed by atoms with Gasteiger partial charge in [0.25, 0.3) is 5.91 Å². The Balaban J connectivity index is 1.98. The SMILES string of the molecule is CC(/C=C/c1ccco1)=N\NC(=O)c1ccccc1Cl. The average molecular weight is 289 g/mol. The van der Waals surface area contributed by atoms with E-state index in [9.17, 15) is 4.79 Å². The van der Waals surface area contributed by atoms with Gasteiger partial charge in [0.1, 0.15) is 5.76 Å². The summed E-state index contributed by atoms with van der Waals surface area (Å²) in [5.41, 5.74) is 3.48. The van der Waals surface area contributed by atoms with Crippen LogP contribution in [0.15, 0.2) is 58.3 Å². The van der Waals surface area contributed by atoms with E-state index in [-0.39, 0.29) is 5.91 Å². The van der Waals surface area contributed by atoms with Crippen molar-refractivity contribution in [2.45, 2.75) is 6.92 Å². The van der Waals surface area contributed by atoms with Gasteiger partial charge in [0.15, 0.2) is 0 Å². The second-order valence-electron chi connectivity index (χ2n) is 4.02. The Labute approximate surface area is 121 Å². The molecule has 1 amide bonds. The third-order valence-electron chi connectivity index (χ3n) is 2.48. The Morgan fingerprint density at radius 3 is 2.80 bits per heavy atom. The van der Waals surface area contributed by atoms with Gasteiger partial charge >= 0.3 is 0 Å². The molecule has 4 nitrogen and oxygen atoms in total. The minimum absolute atomic E-state index is 0.346. The van der Waals surface area contributed by atoms with Gasteiger partial charge in [-0.15, -0.1) is 0 Å². The molecule has 0 bridgehead atoms. The summed E-state index contributed by atoms with van der Waals surface area (Å²) in [7, 11) is 0. The summed E-state index contributed by atoms with van der Waals surface area (Å²) >= 11 is 5.93. The van der Waals surface area contributed by atoms with Crippen molar-refractivity contribution in [2.24, 2.45) is 5.10 Å². The fourth-order valence-electron chi connectivity index (χ4n) is 1.47. The number of carbonyl (C=O) groups is 1. The lowest BCUT2D eigenvalue weighted by Gasteiger charge is -2.02. The van der Waals surface area contributed by atoms with Crippen molar-refractivity contribution in [3.05, 3.63) is 65.1 Å². The van der Waals surface area contributed by atoms with Gasteiger partial charge in [0, 0.05) is 0 Å². The van der Waals surface area contributed by atoms with E-state index in [4.69, 9.17) is 16.0 Å². The maximum Gasteiger partial charge on any atom is 0.272 e. The molecule has 0 saturated carbocycles. The minimum Gasteiger partial charge on any atom is -0.465 e. The molecule has 2 aromatic rings. The topological polar surface area (TPSA) is 54.6 Å².